The maximum atomic E-state index is 14.6. The Morgan fingerprint density at radius 2 is 1.54 bits per heavy atom. The van der Waals surface area contributed by atoms with Crippen LogP contribution in [0.15, 0.2) is 91.0 Å². The molecule has 84 heavy (non-hydrogen) atoms. The maximum Gasteiger partial charge on any atom is 0.399 e. The Kier molecular flexibility index (Phi) is 19.1. The molecule has 18 nitrogen and oxygen atoms in total. The van der Waals surface area contributed by atoms with Gasteiger partial charge in [-0.3, -0.25) is 57.9 Å². The number of carbonyl (C=O) groups is 9. The van der Waals surface area contributed by atoms with Gasteiger partial charge >= 0.3 is 13.3 Å². The van der Waals surface area contributed by atoms with Crippen LogP contribution in [0.2, 0.25) is 0 Å². The Morgan fingerprint density at radius 1 is 0.821 bits per heavy atom. The van der Waals surface area contributed by atoms with Crippen molar-refractivity contribution in [3.8, 4) is 11.8 Å². The number of thiophene rings is 1. The highest BCUT2D eigenvalue weighted by atomic mass is 32.1. The number of hydrogen-bond acceptors (Lipinski definition) is 11. The topological polar surface area (TPSA) is 280 Å². The van der Waals surface area contributed by atoms with E-state index in [1.165, 1.54) is 21.9 Å². The lowest BCUT2D eigenvalue weighted by molar-refractivity contribution is -0.137. The maximum absolute atomic E-state index is 14.6. The average molecular weight is 1190 g/mol. The quantitative estimate of drug-likeness (QED) is 0.0141. The molecule has 0 radical (unpaired) electrons. The summed E-state index contributed by atoms with van der Waals surface area (Å²) in [5.74, 6) is 1.23. The number of Topliss-reactive ketones (excluding diaryl/α,β-unsaturated/α-hetero) is 2. The summed E-state index contributed by atoms with van der Waals surface area (Å²) >= 11 is 0.926. The minimum absolute atomic E-state index is 0.0362. The molecule has 9 rings (SSSR count). The van der Waals surface area contributed by atoms with E-state index in [4.69, 9.17) is 5.73 Å². The Morgan fingerprint density at radius 3 is 2.26 bits per heavy atom. The van der Waals surface area contributed by atoms with E-state index in [0.29, 0.717) is 52.8 Å². The summed E-state index contributed by atoms with van der Waals surface area (Å²) in [4.78, 5) is 142. The van der Waals surface area contributed by atoms with E-state index in [1.807, 2.05) is 12.1 Å². The Hall–Kier alpha value is -7.76. The summed E-state index contributed by atoms with van der Waals surface area (Å²) in [5.41, 5.74) is 4.81. The van der Waals surface area contributed by atoms with Gasteiger partial charge in [0.25, 0.3) is 11.8 Å². The molecule has 4 aromatic carbocycles. The molecule has 22 heteroatoms. The van der Waals surface area contributed by atoms with E-state index in [-0.39, 0.29) is 79.4 Å². The van der Waals surface area contributed by atoms with E-state index in [0.717, 1.165) is 85.1 Å². The number of fused-ring (bicyclic) bond motifs is 2. The number of carbonyl (C=O) groups excluding carboxylic acids is 9. The van der Waals surface area contributed by atoms with Crippen molar-refractivity contribution in [3.05, 3.63) is 135 Å². The first-order valence-corrected chi connectivity index (χ1v) is 30.8. The summed E-state index contributed by atoms with van der Waals surface area (Å²) in [6.07, 6.45) is 8.46. The molecule has 1 aromatic heterocycles. The molecule has 0 bridgehead atoms. The molecule has 440 valence electrons. The number of para-hydroxylation sites is 1. The van der Waals surface area contributed by atoms with Gasteiger partial charge in [-0.15, -0.1) is 11.3 Å². The molecule has 0 aliphatic carbocycles. The van der Waals surface area contributed by atoms with Gasteiger partial charge in [0.15, 0.2) is 5.78 Å². The normalized spacial score (nSPS) is 18.3. The van der Waals surface area contributed by atoms with Gasteiger partial charge in [-0.05, 0) is 96.5 Å². The van der Waals surface area contributed by atoms with Crippen LogP contribution in [0.1, 0.15) is 162 Å². The van der Waals surface area contributed by atoms with Crippen LogP contribution in [0.25, 0.3) is 10.1 Å². The van der Waals surface area contributed by atoms with Crippen LogP contribution in [-0.4, -0.2) is 91.8 Å². The van der Waals surface area contributed by atoms with Gasteiger partial charge in [-0.2, -0.15) is 8.78 Å². The number of primary amides is 1. The number of imide groups is 1. The number of nitrogens with zero attached hydrogens (tertiary/aromatic N) is 2. The fourth-order valence-corrected chi connectivity index (χ4v) is 13.1. The van der Waals surface area contributed by atoms with Gasteiger partial charge in [0.2, 0.25) is 29.5 Å². The van der Waals surface area contributed by atoms with E-state index in [9.17, 15) is 66.3 Å². The number of nitrogens with one attached hydrogen (secondary N) is 3. The SMILES string of the molecule is NC(=O)CC[C@H](NC(=O)[C@@H]1Cc2cccc3c2N1C(=O)[C@@H](NC(=O)c1cc2cc(C(F)(F)P(=O)(O)O)ccc2s1)CC3)C(=O)C[C@H](C(=O)CCCCCCCCCCC#Cc1cccc2c1CN(C1CCC(=O)NC1=O)C2=O)c1ccccc1. The zero-order chi connectivity index (χ0) is 59.9. The second kappa shape index (κ2) is 26.4. The predicted octanol–water partition coefficient (Wildman–Crippen LogP) is 7.91. The van der Waals surface area contributed by atoms with Crippen LogP contribution in [-0.2, 0) is 63.2 Å². The van der Waals surface area contributed by atoms with Crippen molar-refractivity contribution in [2.24, 2.45) is 5.73 Å². The zero-order valence-electron chi connectivity index (χ0n) is 46.0. The second-order valence-corrected chi connectivity index (χ2v) is 24.6. The van der Waals surface area contributed by atoms with Crippen LogP contribution in [0.5, 0.6) is 0 Å². The van der Waals surface area contributed by atoms with Crippen molar-refractivity contribution in [3.63, 3.8) is 0 Å². The third kappa shape index (κ3) is 13.7. The Labute approximate surface area is 487 Å². The van der Waals surface area contributed by atoms with Crippen molar-refractivity contribution in [1.82, 2.24) is 20.9 Å². The summed E-state index contributed by atoms with van der Waals surface area (Å²) in [6, 6.07) is 19.7. The second-order valence-electron chi connectivity index (χ2n) is 21.9. The third-order valence-corrected chi connectivity index (χ3v) is 18.2. The lowest BCUT2D eigenvalue weighted by Gasteiger charge is -2.29. The van der Waals surface area contributed by atoms with Crippen LogP contribution in [0, 0.1) is 11.8 Å². The van der Waals surface area contributed by atoms with E-state index >= 15 is 0 Å². The standard InChI is InChI=1S/C62H65F2N6O12PS/c63-62(64,83(80,81)82)42-25-29-52-41(32-42)34-53(84-52)59(77)67-47-26-24-39-20-14-21-40-33-49(70(56(39)40)61(47)79)58(76)66-46(27-30-54(65)73)51(72)35-44(37-16-11-9-12-17-37)50(71)23-13-8-6-4-2-1-3-5-7-10-18-38-19-15-22-43-45(38)36-69(60(43)78)48-28-31-55(74)68-57(48)75/h9,11-12,14-17,19-22,25,29,32,34,44,46-49H,1-8,13,23-24,26-28,30-31,33,35-36H2,(H2,65,73)(H,66,76)(H,67,77)(H,68,74,75)(H2,80,81,82)/t44-,46-,47-,48?,49-/m0/s1. The molecule has 1 fully saturated rings. The molecular weight excluding hydrogens is 1120 g/mol. The van der Waals surface area contributed by atoms with Crippen molar-refractivity contribution in [2.45, 2.75) is 158 Å². The average Bonchev–Trinajstić information content (AvgIpc) is 2.37. The summed E-state index contributed by atoms with van der Waals surface area (Å²) in [5, 5.41) is 8.01. The number of hydrogen-bond donors (Lipinski definition) is 6. The van der Waals surface area contributed by atoms with Gasteiger partial charge in [0, 0.05) is 72.4 Å². The summed E-state index contributed by atoms with van der Waals surface area (Å²) < 4.78 is 41.0. The van der Waals surface area contributed by atoms with Gasteiger partial charge in [-0.1, -0.05) is 111 Å². The molecule has 0 spiro atoms. The van der Waals surface area contributed by atoms with Crippen molar-refractivity contribution < 1.29 is 66.3 Å². The lowest BCUT2D eigenvalue weighted by Crippen LogP contribution is -2.56. The Balaban J connectivity index is 0.764. The van der Waals surface area contributed by atoms with Gasteiger partial charge in [-0.25, -0.2) is 0 Å². The molecule has 7 N–H and O–H groups in total. The molecule has 0 saturated carbocycles. The highest BCUT2D eigenvalue weighted by Gasteiger charge is 2.51. The highest BCUT2D eigenvalue weighted by molar-refractivity contribution is 7.52. The number of rotatable bonds is 25. The van der Waals surface area contributed by atoms with Crippen molar-refractivity contribution in [1.29, 1.82) is 0 Å². The predicted molar refractivity (Wildman–Crippen MR) is 308 cm³/mol. The fraction of sp³-hybridized carbons (Fsp3) is 0.403. The van der Waals surface area contributed by atoms with Crippen molar-refractivity contribution >= 4 is 87.6 Å². The molecular formula is C62H65F2N6O12PS. The van der Waals surface area contributed by atoms with Gasteiger partial charge in [0.1, 0.15) is 23.9 Å². The molecule has 5 aromatic rings. The van der Waals surface area contributed by atoms with Crippen LogP contribution in [0.4, 0.5) is 14.5 Å². The Bertz CT molecular complexity index is 3540. The number of unbranched alkanes of at least 4 members (excludes halogenated alkanes) is 8. The van der Waals surface area contributed by atoms with E-state index in [2.05, 4.69) is 27.8 Å². The monoisotopic (exact) mass is 1190 g/mol. The minimum Gasteiger partial charge on any atom is -0.370 e. The van der Waals surface area contributed by atoms with Crippen LogP contribution < -0.4 is 26.6 Å². The fourth-order valence-electron chi connectivity index (χ4n) is 11.6. The number of anilines is 1. The molecule has 4 aliphatic rings. The number of amides is 7. The first kappa shape index (κ1) is 60.8. The first-order valence-electron chi connectivity index (χ1n) is 28.4. The third-order valence-electron chi connectivity index (χ3n) is 16.1. The smallest absolute Gasteiger partial charge is 0.370 e. The van der Waals surface area contributed by atoms with Crippen LogP contribution >= 0.6 is 18.9 Å². The molecule has 5 atom stereocenters. The largest absolute Gasteiger partial charge is 0.399 e. The molecule has 4 aliphatic heterocycles. The molecule has 1 saturated heterocycles. The molecule has 5 heterocycles. The lowest BCUT2D eigenvalue weighted by atomic mass is 9.85. The number of aryl methyl sites for hydroxylation is 1. The van der Waals surface area contributed by atoms with E-state index in [1.54, 1.807) is 54.6 Å². The van der Waals surface area contributed by atoms with Crippen LogP contribution in [0.3, 0.4) is 0 Å². The van der Waals surface area contributed by atoms with E-state index < -0.39 is 84.2 Å². The summed E-state index contributed by atoms with van der Waals surface area (Å²) in [7, 11) is -5.86. The van der Waals surface area contributed by atoms with Gasteiger partial charge in [0.05, 0.1) is 16.6 Å². The number of halogens is 2. The zero-order valence-corrected chi connectivity index (χ0v) is 47.8. The highest BCUT2D eigenvalue weighted by Crippen LogP contribution is 2.59. The molecule has 1 unspecified atom stereocenters. The first-order chi connectivity index (χ1) is 40.2. The minimum atomic E-state index is -5.86. The summed E-state index contributed by atoms with van der Waals surface area (Å²) in [6.45, 7) is 0.269. The molecule has 7 amide bonds. The number of ketones is 2. The number of nitrogens with two attached hydrogens (primary N) is 1. The van der Waals surface area contributed by atoms with Crippen molar-refractivity contribution in [2.75, 3.05) is 4.90 Å². The van der Waals surface area contributed by atoms with Gasteiger partial charge < -0.3 is 31.1 Å². The number of alkyl halides is 2. The number of piperidine rings is 1. The number of benzene rings is 4.